The van der Waals surface area contributed by atoms with E-state index in [-0.39, 0.29) is 36.9 Å². The van der Waals surface area contributed by atoms with Crippen molar-refractivity contribution in [1.82, 2.24) is 15.6 Å². The fourth-order valence-electron chi connectivity index (χ4n) is 3.88. The van der Waals surface area contributed by atoms with Gasteiger partial charge in [0.1, 0.15) is 16.6 Å². The van der Waals surface area contributed by atoms with Crippen molar-refractivity contribution in [2.45, 2.75) is 36.6 Å². The van der Waals surface area contributed by atoms with Gasteiger partial charge in [-0.05, 0) is 37.5 Å². The van der Waals surface area contributed by atoms with E-state index in [0.717, 1.165) is 10.9 Å². The van der Waals surface area contributed by atoms with Crippen LogP contribution in [0, 0.1) is 23.2 Å². The minimum absolute atomic E-state index is 0.0479. The lowest BCUT2D eigenvalue weighted by atomic mass is 9.95. The van der Waals surface area contributed by atoms with Crippen molar-refractivity contribution in [3.63, 3.8) is 0 Å². The van der Waals surface area contributed by atoms with Crippen LogP contribution in [0.15, 0.2) is 24.3 Å². The highest BCUT2D eigenvalue weighted by atomic mass is 35.5. The highest BCUT2D eigenvalue weighted by molar-refractivity contribution is 6.44. The number of carbonyl (C=O) groups excluding carboxylic acids is 3. The fraction of sp³-hybridized carbons (Fsp3) is 0.455. The summed E-state index contributed by atoms with van der Waals surface area (Å²) in [6.45, 7) is 0.558. The molecule has 32 heavy (non-hydrogen) atoms. The molecule has 170 valence electrons. The highest BCUT2D eigenvalue weighted by Gasteiger charge is 2.31. The average molecular weight is 479 g/mol. The number of ketones is 1. The molecule has 3 rings (SSSR count). The van der Waals surface area contributed by atoms with Crippen molar-refractivity contribution in [2.24, 2.45) is 11.8 Å². The minimum Gasteiger partial charge on any atom is -0.496 e. The first kappa shape index (κ1) is 23.9. The van der Waals surface area contributed by atoms with E-state index in [1.54, 1.807) is 25.3 Å². The number of nitrogens with zero attached hydrogens (tertiary/aromatic N) is 1. The third-order valence-electron chi connectivity index (χ3n) is 5.57. The lowest BCUT2D eigenvalue weighted by molar-refractivity contribution is -0.126. The molecule has 1 aliphatic heterocycles. The van der Waals surface area contributed by atoms with E-state index >= 15 is 0 Å². The van der Waals surface area contributed by atoms with Gasteiger partial charge in [0.05, 0.1) is 18.9 Å². The largest absolute Gasteiger partial charge is 0.496 e. The predicted molar refractivity (Wildman–Crippen MR) is 121 cm³/mol. The molecule has 3 atom stereocenters. The number of H-pyrrole nitrogens is 1. The number of nitriles is 1. The van der Waals surface area contributed by atoms with Crippen LogP contribution in [0.5, 0.6) is 5.75 Å². The van der Waals surface area contributed by atoms with Gasteiger partial charge in [0.2, 0.25) is 11.8 Å². The van der Waals surface area contributed by atoms with Gasteiger partial charge in [0.25, 0.3) is 0 Å². The number of ether oxygens (including phenoxy) is 1. The molecule has 0 unspecified atom stereocenters. The number of carbonyl (C=O) groups is 3. The lowest BCUT2D eigenvalue weighted by Gasteiger charge is -2.20. The molecule has 0 spiro atoms. The number of hydrogen-bond donors (Lipinski definition) is 3. The number of halogens is 2. The monoisotopic (exact) mass is 478 g/mol. The van der Waals surface area contributed by atoms with E-state index in [1.807, 2.05) is 12.1 Å². The third kappa shape index (κ3) is 5.72. The van der Waals surface area contributed by atoms with Gasteiger partial charge < -0.3 is 20.4 Å². The number of alkyl halides is 2. The SMILES string of the molecule is COc1cccc2[nH]c(C(=O)C[C@@H](CC(Cl)Cl)C(=O)N[C@H](C#N)C[C@@H]3CCNC3=O)cc12. The maximum absolute atomic E-state index is 12.9. The molecule has 10 heteroatoms. The fourth-order valence-corrected chi connectivity index (χ4v) is 4.31. The van der Waals surface area contributed by atoms with E-state index in [2.05, 4.69) is 15.6 Å². The lowest BCUT2D eigenvalue weighted by Crippen LogP contribution is -2.41. The predicted octanol–water partition coefficient (Wildman–Crippen LogP) is 3.09. The van der Waals surface area contributed by atoms with E-state index in [0.29, 0.717) is 24.4 Å². The van der Waals surface area contributed by atoms with E-state index in [9.17, 15) is 19.6 Å². The Kier molecular flexibility index (Phi) is 7.99. The van der Waals surface area contributed by atoms with Crippen molar-refractivity contribution >= 4 is 51.7 Å². The summed E-state index contributed by atoms with van der Waals surface area (Å²) >= 11 is 11.8. The summed E-state index contributed by atoms with van der Waals surface area (Å²) in [5.41, 5.74) is 1.07. The Morgan fingerprint density at radius 1 is 1.38 bits per heavy atom. The van der Waals surface area contributed by atoms with Crippen LogP contribution in [-0.2, 0) is 9.59 Å². The van der Waals surface area contributed by atoms with Gasteiger partial charge in [-0.25, -0.2) is 0 Å². The van der Waals surface area contributed by atoms with Gasteiger partial charge in [-0.2, -0.15) is 5.26 Å². The number of benzene rings is 1. The highest BCUT2D eigenvalue weighted by Crippen LogP contribution is 2.28. The van der Waals surface area contributed by atoms with Crippen LogP contribution >= 0.6 is 23.2 Å². The molecule has 0 radical (unpaired) electrons. The molecule has 3 N–H and O–H groups in total. The molecule has 1 fully saturated rings. The second-order valence-corrected chi connectivity index (χ2v) is 9.04. The Bertz CT molecular complexity index is 1050. The molecule has 0 aliphatic carbocycles. The molecule has 1 saturated heterocycles. The topological polar surface area (TPSA) is 124 Å². The van der Waals surface area contributed by atoms with Crippen LogP contribution in [0.2, 0.25) is 0 Å². The van der Waals surface area contributed by atoms with Crippen molar-refractivity contribution < 1.29 is 19.1 Å². The van der Waals surface area contributed by atoms with Gasteiger partial charge in [-0.1, -0.05) is 6.07 Å². The summed E-state index contributed by atoms with van der Waals surface area (Å²) < 4.78 is 5.32. The number of fused-ring (bicyclic) bond motifs is 1. The maximum atomic E-state index is 12.9. The van der Waals surface area contributed by atoms with E-state index < -0.39 is 22.7 Å². The van der Waals surface area contributed by atoms with Crippen LogP contribution in [0.25, 0.3) is 10.9 Å². The van der Waals surface area contributed by atoms with Crippen molar-refractivity contribution in [2.75, 3.05) is 13.7 Å². The Morgan fingerprint density at radius 2 is 2.16 bits per heavy atom. The quantitative estimate of drug-likeness (QED) is 0.357. The van der Waals surface area contributed by atoms with Crippen LogP contribution < -0.4 is 15.4 Å². The molecule has 2 heterocycles. The molecule has 8 nitrogen and oxygen atoms in total. The zero-order valence-electron chi connectivity index (χ0n) is 17.5. The molecule has 1 aromatic heterocycles. The van der Waals surface area contributed by atoms with E-state index in [1.165, 1.54) is 0 Å². The number of aromatic amines is 1. The Balaban J connectivity index is 1.71. The molecule has 0 bridgehead atoms. The number of rotatable bonds is 10. The number of hydrogen-bond acceptors (Lipinski definition) is 5. The van der Waals surface area contributed by atoms with Crippen molar-refractivity contribution in [3.8, 4) is 11.8 Å². The zero-order chi connectivity index (χ0) is 23.3. The summed E-state index contributed by atoms with van der Waals surface area (Å²) in [4.78, 5) is 39.8. The summed E-state index contributed by atoms with van der Waals surface area (Å²) in [6.07, 6.45) is 0.733. The average Bonchev–Trinajstić information content (AvgIpc) is 3.38. The molecular weight excluding hydrogens is 455 g/mol. The van der Waals surface area contributed by atoms with Gasteiger partial charge in [0, 0.05) is 35.7 Å². The van der Waals surface area contributed by atoms with Crippen LogP contribution in [0.4, 0.5) is 0 Å². The summed E-state index contributed by atoms with van der Waals surface area (Å²) in [7, 11) is 1.55. The molecule has 1 aromatic carbocycles. The first-order valence-electron chi connectivity index (χ1n) is 10.3. The molecular formula is C22H24Cl2N4O4. The number of Topliss-reactive ketones (excluding diaryl/α,β-unsaturated/α-hetero) is 1. The number of methoxy groups -OCH3 is 1. The zero-order valence-corrected chi connectivity index (χ0v) is 19.0. The third-order valence-corrected chi connectivity index (χ3v) is 5.92. The van der Waals surface area contributed by atoms with Crippen LogP contribution in [-0.4, -0.2) is 47.1 Å². The van der Waals surface area contributed by atoms with Gasteiger partial charge in [0.15, 0.2) is 5.78 Å². The second-order valence-electron chi connectivity index (χ2n) is 7.76. The second kappa shape index (κ2) is 10.7. The van der Waals surface area contributed by atoms with Crippen LogP contribution in [0.1, 0.15) is 36.2 Å². The summed E-state index contributed by atoms with van der Waals surface area (Å²) in [5.74, 6) is -1.44. The molecule has 0 saturated carbocycles. The first-order valence-corrected chi connectivity index (χ1v) is 11.1. The van der Waals surface area contributed by atoms with Gasteiger partial charge >= 0.3 is 0 Å². The Labute approximate surface area is 195 Å². The van der Waals surface area contributed by atoms with Gasteiger partial charge in [-0.15, -0.1) is 23.2 Å². The number of amides is 2. The molecule has 2 amide bonds. The Morgan fingerprint density at radius 3 is 2.78 bits per heavy atom. The normalized spacial score (nSPS) is 17.6. The number of aromatic nitrogens is 1. The molecule has 2 aromatic rings. The van der Waals surface area contributed by atoms with Gasteiger partial charge in [-0.3, -0.25) is 14.4 Å². The van der Waals surface area contributed by atoms with Crippen molar-refractivity contribution in [3.05, 3.63) is 30.0 Å². The minimum atomic E-state index is -0.859. The van der Waals surface area contributed by atoms with E-state index in [4.69, 9.17) is 27.9 Å². The smallest absolute Gasteiger partial charge is 0.224 e. The maximum Gasteiger partial charge on any atom is 0.224 e. The Hall–Kier alpha value is -2.76. The van der Waals surface area contributed by atoms with Crippen LogP contribution in [0.3, 0.4) is 0 Å². The summed E-state index contributed by atoms with van der Waals surface area (Å²) in [5, 5.41) is 15.6. The summed E-state index contributed by atoms with van der Waals surface area (Å²) in [6, 6.07) is 8.27. The first-order chi connectivity index (χ1) is 15.3. The molecule has 1 aliphatic rings. The van der Waals surface area contributed by atoms with Crippen molar-refractivity contribution in [1.29, 1.82) is 5.26 Å². The number of nitrogens with one attached hydrogen (secondary N) is 3. The standard InChI is InChI=1S/C22H24Cl2N4O4/c1-32-19-4-2-3-16-15(19)10-17(28-16)18(29)8-13(9-20(23)24)22(31)27-14(11-25)7-12-5-6-26-21(12)30/h2-4,10,12-14,20,28H,5-9H2,1H3,(H,26,30)(H,27,31)/t12-,13-,14-/m0/s1.